The van der Waals surface area contributed by atoms with E-state index < -0.39 is 11.9 Å². The summed E-state index contributed by atoms with van der Waals surface area (Å²) in [4.78, 5) is 20.4. The molecule has 0 heterocycles. The van der Waals surface area contributed by atoms with Crippen molar-refractivity contribution in [3.8, 4) is 0 Å². The highest BCUT2D eigenvalue weighted by Gasteiger charge is 2.26. The monoisotopic (exact) mass is 365 g/mol. The van der Waals surface area contributed by atoms with Crippen LogP contribution in [0.1, 0.15) is 49.3 Å². The Bertz CT molecular complexity index is 555. The molecule has 1 unspecified atom stereocenters. The second-order valence-corrected chi connectivity index (χ2v) is 6.96. The minimum atomic E-state index is -1.82. The first kappa shape index (κ1) is 22.1. The molecule has 1 aliphatic carbocycles. The highest BCUT2D eigenvalue weighted by atomic mass is 16.5. The number of hydrogen-bond donors (Lipinski definition) is 2. The number of hydrogen-bond acceptors (Lipinski definition) is 4. The van der Waals surface area contributed by atoms with Gasteiger partial charge in [0.2, 0.25) is 0 Å². The molecule has 0 aliphatic heterocycles. The molecule has 0 amide bonds. The van der Waals surface area contributed by atoms with Crippen LogP contribution in [0.4, 0.5) is 0 Å². The number of rotatable bonds is 6. The normalized spacial score (nSPS) is 15.8. The number of nitrogens with zero attached hydrogens (tertiary/aromatic N) is 1. The molecule has 1 atom stereocenters. The summed E-state index contributed by atoms with van der Waals surface area (Å²) in [5.41, 5.74) is 2.77. The number of carboxylic acids is 2. The lowest BCUT2D eigenvalue weighted by Gasteiger charge is -2.32. The van der Waals surface area contributed by atoms with E-state index in [9.17, 15) is 0 Å². The molecule has 146 valence electrons. The van der Waals surface area contributed by atoms with Crippen LogP contribution in [0.3, 0.4) is 0 Å². The smallest absolute Gasteiger partial charge is 0.414 e. The van der Waals surface area contributed by atoms with Gasteiger partial charge in [0.25, 0.3) is 0 Å². The number of carboxylic acid groups (broad SMARTS) is 2. The van der Waals surface area contributed by atoms with Gasteiger partial charge in [-0.1, -0.05) is 43.5 Å². The summed E-state index contributed by atoms with van der Waals surface area (Å²) in [6.45, 7) is 4.03. The molecule has 26 heavy (non-hydrogen) atoms. The molecule has 1 aliphatic rings. The second kappa shape index (κ2) is 11.6. The fourth-order valence-electron chi connectivity index (χ4n) is 3.18. The van der Waals surface area contributed by atoms with E-state index >= 15 is 0 Å². The fraction of sp³-hybridized carbons (Fsp3) is 0.600. The quantitative estimate of drug-likeness (QED) is 0.752. The average Bonchev–Trinajstić information content (AvgIpc) is 2.60. The van der Waals surface area contributed by atoms with Gasteiger partial charge >= 0.3 is 11.9 Å². The molecule has 0 bridgehead atoms. The number of carbonyl (C=O) groups is 2. The highest BCUT2D eigenvalue weighted by Crippen LogP contribution is 2.37. The van der Waals surface area contributed by atoms with E-state index in [0.29, 0.717) is 5.92 Å². The van der Waals surface area contributed by atoms with Gasteiger partial charge in [0.05, 0.1) is 12.7 Å². The molecule has 0 saturated heterocycles. The van der Waals surface area contributed by atoms with Gasteiger partial charge in [0.1, 0.15) is 0 Å². The van der Waals surface area contributed by atoms with Crippen LogP contribution in [0.2, 0.25) is 0 Å². The van der Waals surface area contributed by atoms with Crippen LogP contribution in [0.5, 0.6) is 0 Å². The molecule has 2 N–H and O–H groups in total. The predicted molar refractivity (Wildman–Crippen MR) is 100 cm³/mol. The van der Waals surface area contributed by atoms with Crippen molar-refractivity contribution in [2.24, 2.45) is 5.92 Å². The number of aliphatic carboxylic acids is 2. The van der Waals surface area contributed by atoms with Crippen molar-refractivity contribution in [2.45, 2.75) is 45.1 Å². The Balaban J connectivity index is 0.000000487. The maximum absolute atomic E-state index is 9.10. The molecule has 1 aromatic carbocycles. The molecule has 6 nitrogen and oxygen atoms in total. The van der Waals surface area contributed by atoms with Gasteiger partial charge in [-0.15, -0.1) is 0 Å². The van der Waals surface area contributed by atoms with Crippen LogP contribution >= 0.6 is 0 Å². The molecule has 1 aromatic rings. The lowest BCUT2D eigenvalue weighted by Crippen LogP contribution is -2.24. The molecule has 1 saturated carbocycles. The van der Waals surface area contributed by atoms with Crippen LogP contribution in [0, 0.1) is 12.8 Å². The molecule has 0 radical (unpaired) electrons. The largest absolute Gasteiger partial charge is 0.473 e. The third-order valence-corrected chi connectivity index (χ3v) is 4.59. The van der Waals surface area contributed by atoms with Crippen molar-refractivity contribution < 1.29 is 24.5 Å². The Labute approximate surface area is 155 Å². The average molecular weight is 365 g/mol. The predicted octanol–water partition coefficient (Wildman–Crippen LogP) is 3.35. The van der Waals surface area contributed by atoms with Crippen molar-refractivity contribution in [3.05, 3.63) is 35.4 Å². The summed E-state index contributed by atoms with van der Waals surface area (Å²) in [7, 11) is 4.21. The Morgan fingerprint density at radius 2 is 1.69 bits per heavy atom. The molecule has 0 spiro atoms. The van der Waals surface area contributed by atoms with E-state index in [0.717, 1.165) is 13.2 Å². The van der Waals surface area contributed by atoms with E-state index in [-0.39, 0.29) is 6.10 Å². The first-order valence-electron chi connectivity index (χ1n) is 9.11. The van der Waals surface area contributed by atoms with E-state index in [2.05, 4.69) is 50.2 Å². The Hall–Kier alpha value is -1.92. The summed E-state index contributed by atoms with van der Waals surface area (Å²) in [5, 5.41) is 14.8. The van der Waals surface area contributed by atoms with E-state index in [1.807, 2.05) is 0 Å². The summed E-state index contributed by atoms with van der Waals surface area (Å²) in [6, 6.07) is 8.73. The topological polar surface area (TPSA) is 87.1 Å². The van der Waals surface area contributed by atoms with E-state index in [4.69, 9.17) is 24.5 Å². The zero-order chi connectivity index (χ0) is 19.5. The van der Waals surface area contributed by atoms with Crippen LogP contribution in [-0.4, -0.2) is 54.3 Å². The van der Waals surface area contributed by atoms with Gasteiger partial charge in [-0.05, 0) is 50.9 Å². The number of likely N-dealkylation sites (N-methyl/N-ethyl adjacent to an activating group) is 1. The van der Waals surface area contributed by atoms with Crippen molar-refractivity contribution >= 4 is 11.9 Å². The number of ether oxygens (including phenoxy) is 1. The van der Waals surface area contributed by atoms with Gasteiger partial charge in [-0.25, -0.2) is 9.59 Å². The summed E-state index contributed by atoms with van der Waals surface area (Å²) < 4.78 is 6.32. The fourth-order valence-corrected chi connectivity index (χ4v) is 3.18. The van der Waals surface area contributed by atoms with Gasteiger partial charge in [-0.2, -0.15) is 0 Å². The van der Waals surface area contributed by atoms with Crippen molar-refractivity contribution in [1.29, 1.82) is 0 Å². The van der Waals surface area contributed by atoms with Crippen molar-refractivity contribution in [2.75, 3.05) is 27.2 Å². The third kappa shape index (κ3) is 7.97. The van der Waals surface area contributed by atoms with Crippen LogP contribution < -0.4 is 0 Å². The van der Waals surface area contributed by atoms with Crippen LogP contribution in [-0.2, 0) is 14.3 Å². The maximum atomic E-state index is 9.10. The molecule has 1 fully saturated rings. The SMILES string of the molecule is Cc1ccccc1C(OCCN(C)C)C1CCCCC1.O=C(O)C(=O)O. The van der Waals surface area contributed by atoms with Gasteiger partial charge in [0, 0.05) is 6.54 Å². The molecule has 0 aromatic heterocycles. The van der Waals surface area contributed by atoms with Crippen molar-refractivity contribution in [1.82, 2.24) is 4.90 Å². The van der Waals surface area contributed by atoms with Gasteiger partial charge in [-0.3, -0.25) is 0 Å². The minimum Gasteiger partial charge on any atom is -0.473 e. The lowest BCUT2D eigenvalue weighted by molar-refractivity contribution is -0.159. The minimum absolute atomic E-state index is 0.288. The zero-order valence-electron chi connectivity index (χ0n) is 16.0. The van der Waals surface area contributed by atoms with Crippen LogP contribution in [0.15, 0.2) is 24.3 Å². The van der Waals surface area contributed by atoms with Crippen LogP contribution in [0.25, 0.3) is 0 Å². The Kier molecular flexibility index (Phi) is 9.91. The highest BCUT2D eigenvalue weighted by molar-refractivity contribution is 6.27. The molecule has 2 rings (SSSR count). The number of aryl methyl sites for hydroxylation is 1. The zero-order valence-corrected chi connectivity index (χ0v) is 16.0. The lowest BCUT2D eigenvalue weighted by atomic mass is 9.81. The third-order valence-electron chi connectivity index (χ3n) is 4.59. The maximum Gasteiger partial charge on any atom is 0.414 e. The first-order valence-corrected chi connectivity index (χ1v) is 9.11. The summed E-state index contributed by atoms with van der Waals surface area (Å²) in [6.07, 6.45) is 7.06. The van der Waals surface area contributed by atoms with E-state index in [1.165, 1.54) is 43.2 Å². The second-order valence-electron chi connectivity index (χ2n) is 6.96. The van der Waals surface area contributed by atoms with Gasteiger partial charge in [0.15, 0.2) is 0 Å². The Morgan fingerprint density at radius 1 is 1.12 bits per heavy atom. The number of benzene rings is 1. The van der Waals surface area contributed by atoms with Gasteiger partial charge < -0.3 is 19.8 Å². The standard InChI is InChI=1S/C18H29NO.C2H2O4/c1-15-9-7-8-12-17(15)18(20-14-13-19(2)3)16-10-5-4-6-11-16;3-1(4)2(5)6/h7-9,12,16,18H,4-6,10-11,13-14H2,1-3H3;(H,3,4)(H,5,6). The molecular formula is C20H31NO5. The summed E-state index contributed by atoms with van der Waals surface area (Å²) >= 11 is 0. The summed E-state index contributed by atoms with van der Waals surface area (Å²) in [5.74, 6) is -2.95. The molecular weight excluding hydrogens is 334 g/mol. The van der Waals surface area contributed by atoms with Crippen molar-refractivity contribution in [3.63, 3.8) is 0 Å². The molecule has 6 heteroatoms. The van der Waals surface area contributed by atoms with E-state index in [1.54, 1.807) is 0 Å². The first-order chi connectivity index (χ1) is 12.3. The Morgan fingerprint density at radius 3 is 2.19 bits per heavy atom.